The summed E-state index contributed by atoms with van der Waals surface area (Å²) in [5, 5.41) is 9.27. The summed E-state index contributed by atoms with van der Waals surface area (Å²) in [6.07, 6.45) is 0. The fourth-order valence-electron chi connectivity index (χ4n) is 1.57. The predicted molar refractivity (Wildman–Crippen MR) is 57.7 cm³/mol. The van der Waals surface area contributed by atoms with Crippen LogP contribution in [0.2, 0.25) is 0 Å². The van der Waals surface area contributed by atoms with Crippen molar-refractivity contribution in [3.8, 4) is 5.75 Å². The van der Waals surface area contributed by atoms with Crippen LogP contribution in [0.5, 0.6) is 5.75 Å². The molecule has 2 heteroatoms. The molecule has 0 aliphatic heterocycles. The highest BCUT2D eigenvalue weighted by Crippen LogP contribution is 2.26. The Hall–Kier alpha value is -1.02. The average Bonchev–Trinajstić information content (AvgIpc) is 2.19. The van der Waals surface area contributed by atoms with Crippen LogP contribution >= 0.6 is 0 Å². The average molecular weight is 194 g/mol. The molecule has 1 aromatic rings. The van der Waals surface area contributed by atoms with E-state index in [2.05, 4.69) is 13.8 Å². The van der Waals surface area contributed by atoms with Gasteiger partial charge in [-0.15, -0.1) is 0 Å². The number of aliphatic hydroxyl groups is 1. The van der Waals surface area contributed by atoms with Crippen LogP contribution in [0.3, 0.4) is 0 Å². The van der Waals surface area contributed by atoms with E-state index in [-0.39, 0.29) is 12.5 Å². The summed E-state index contributed by atoms with van der Waals surface area (Å²) < 4.78 is 5.15. The Morgan fingerprint density at radius 3 is 2.57 bits per heavy atom. The van der Waals surface area contributed by atoms with E-state index < -0.39 is 0 Å². The summed E-state index contributed by atoms with van der Waals surface area (Å²) in [7, 11) is 1.66. The van der Waals surface area contributed by atoms with E-state index in [1.54, 1.807) is 7.11 Å². The molecular formula is C12H18O2. The van der Waals surface area contributed by atoms with Gasteiger partial charge < -0.3 is 9.84 Å². The van der Waals surface area contributed by atoms with Crippen molar-refractivity contribution in [2.24, 2.45) is 5.92 Å². The molecule has 0 saturated carbocycles. The molecule has 1 aromatic carbocycles. The van der Waals surface area contributed by atoms with Gasteiger partial charge in [0.15, 0.2) is 0 Å². The first-order valence-corrected chi connectivity index (χ1v) is 4.93. The lowest BCUT2D eigenvalue weighted by Gasteiger charge is -2.19. The third-order valence-corrected chi connectivity index (χ3v) is 2.52. The van der Waals surface area contributed by atoms with E-state index >= 15 is 0 Å². The molecule has 0 aliphatic rings. The molecule has 0 aliphatic carbocycles. The molecule has 0 amide bonds. The first kappa shape index (κ1) is 11.1. The summed E-state index contributed by atoms with van der Waals surface area (Å²) in [5.74, 6) is 1.49. The molecule has 1 rings (SSSR count). The first-order chi connectivity index (χ1) is 6.69. The highest BCUT2D eigenvalue weighted by molar-refractivity contribution is 5.31. The van der Waals surface area contributed by atoms with Crippen molar-refractivity contribution < 1.29 is 9.84 Å². The van der Waals surface area contributed by atoms with Crippen LogP contribution in [0.1, 0.15) is 25.3 Å². The zero-order chi connectivity index (χ0) is 10.6. The van der Waals surface area contributed by atoms with E-state index in [0.29, 0.717) is 5.92 Å². The quantitative estimate of drug-likeness (QED) is 0.797. The molecule has 0 bridgehead atoms. The molecule has 14 heavy (non-hydrogen) atoms. The molecular weight excluding hydrogens is 176 g/mol. The van der Waals surface area contributed by atoms with Gasteiger partial charge >= 0.3 is 0 Å². The predicted octanol–water partition coefficient (Wildman–Crippen LogP) is 2.43. The van der Waals surface area contributed by atoms with Crippen LogP contribution in [-0.4, -0.2) is 18.8 Å². The molecule has 2 nitrogen and oxygen atoms in total. The number of benzene rings is 1. The van der Waals surface area contributed by atoms with Gasteiger partial charge in [0.05, 0.1) is 13.7 Å². The Bertz CT molecular complexity index is 281. The zero-order valence-electron chi connectivity index (χ0n) is 9.03. The van der Waals surface area contributed by atoms with E-state index in [4.69, 9.17) is 4.74 Å². The third-order valence-electron chi connectivity index (χ3n) is 2.52. The molecule has 1 atom stereocenters. The summed E-state index contributed by atoms with van der Waals surface area (Å²) in [6.45, 7) is 4.41. The van der Waals surface area contributed by atoms with Gasteiger partial charge in [0.1, 0.15) is 5.75 Å². The van der Waals surface area contributed by atoms with E-state index in [1.807, 2.05) is 24.3 Å². The monoisotopic (exact) mass is 194 g/mol. The zero-order valence-corrected chi connectivity index (χ0v) is 9.03. The van der Waals surface area contributed by atoms with Crippen LogP contribution < -0.4 is 4.74 Å². The molecule has 0 radical (unpaired) electrons. The normalized spacial score (nSPS) is 12.9. The largest absolute Gasteiger partial charge is 0.497 e. The minimum atomic E-state index is 0.185. The van der Waals surface area contributed by atoms with Gasteiger partial charge in [-0.25, -0.2) is 0 Å². The lowest BCUT2D eigenvalue weighted by Crippen LogP contribution is -2.11. The lowest BCUT2D eigenvalue weighted by molar-refractivity contribution is 0.237. The maximum Gasteiger partial charge on any atom is 0.119 e. The molecule has 0 spiro atoms. The maximum absolute atomic E-state index is 9.27. The van der Waals surface area contributed by atoms with Crippen molar-refractivity contribution >= 4 is 0 Å². The second-order valence-corrected chi connectivity index (χ2v) is 3.81. The van der Waals surface area contributed by atoms with E-state index in [9.17, 15) is 5.11 Å². The third kappa shape index (κ3) is 2.48. The second-order valence-electron chi connectivity index (χ2n) is 3.81. The maximum atomic E-state index is 9.27. The number of methoxy groups -OCH3 is 1. The Kier molecular flexibility index (Phi) is 3.96. The number of aliphatic hydroxyl groups excluding tert-OH is 1. The smallest absolute Gasteiger partial charge is 0.119 e. The van der Waals surface area contributed by atoms with Crippen LogP contribution in [0, 0.1) is 5.92 Å². The van der Waals surface area contributed by atoms with Crippen LogP contribution in [-0.2, 0) is 0 Å². The Labute approximate surface area is 85.5 Å². The highest BCUT2D eigenvalue weighted by atomic mass is 16.5. The molecule has 0 unspecified atom stereocenters. The minimum absolute atomic E-state index is 0.185. The van der Waals surface area contributed by atoms with Crippen LogP contribution in [0.25, 0.3) is 0 Å². The Morgan fingerprint density at radius 2 is 2.07 bits per heavy atom. The van der Waals surface area contributed by atoms with Gasteiger partial charge in [0.25, 0.3) is 0 Å². The van der Waals surface area contributed by atoms with Crippen LogP contribution in [0.15, 0.2) is 24.3 Å². The lowest BCUT2D eigenvalue weighted by atomic mass is 9.89. The number of ether oxygens (including phenoxy) is 1. The highest BCUT2D eigenvalue weighted by Gasteiger charge is 2.14. The summed E-state index contributed by atoms with van der Waals surface area (Å²) in [5.41, 5.74) is 1.14. The molecule has 0 heterocycles. The van der Waals surface area contributed by atoms with Gasteiger partial charge in [-0.2, -0.15) is 0 Å². The van der Waals surface area contributed by atoms with Crippen molar-refractivity contribution in [3.63, 3.8) is 0 Å². The van der Waals surface area contributed by atoms with Crippen molar-refractivity contribution in [1.29, 1.82) is 0 Å². The standard InChI is InChI=1S/C12H18O2/c1-9(2)12(8-13)10-5-4-6-11(7-10)14-3/h4-7,9,12-13H,8H2,1-3H3/t12-/m0/s1. The van der Waals surface area contributed by atoms with E-state index in [0.717, 1.165) is 11.3 Å². The first-order valence-electron chi connectivity index (χ1n) is 4.93. The Balaban J connectivity index is 2.92. The van der Waals surface area contributed by atoms with Gasteiger partial charge in [-0.3, -0.25) is 0 Å². The fourth-order valence-corrected chi connectivity index (χ4v) is 1.57. The molecule has 78 valence electrons. The van der Waals surface area contributed by atoms with Gasteiger partial charge in [0, 0.05) is 5.92 Å². The SMILES string of the molecule is COc1cccc([C@@H](CO)C(C)C)c1. The second kappa shape index (κ2) is 5.01. The fraction of sp³-hybridized carbons (Fsp3) is 0.500. The summed E-state index contributed by atoms with van der Waals surface area (Å²) in [6, 6.07) is 7.89. The van der Waals surface area contributed by atoms with Crippen LogP contribution in [0.4, 0.5) is 0 Å². The topological polar surface area (TPSA) is 29.5 Å². The van der Waals surface area contributed by atoms with E-state index in [1.165, 1.54) is 0 Å². The number of hydrogen-bond acceptors (Lipinski definition) is 2. The Morgan fingerprint density at radius 1 is 1.36 bits per heavy atom. The number of rotatable bonds is 4. The van der Waals surface area contributed by atoms with Crippen molar-refractivity contribution in [3.05, 3.63) is 29.8 Å². The van der Waals surface area contributed by atoms with Gasteiger partial charge in [-0.1, -0.05) is 26.0 Å². The molecule has 0 aromatic heterocycles. The molecule has 1 N–H and O–H groups in total. The summed E-state index contributed by atoms with van der Waals surface area (Å²) >= 11 is 0. The summed E-state index contributed by atoms with van der Waals surface area (Å²) in [4.78, 5) is 0. The number of hydrogen-bond donors (Lipinski definition) is 1. The molecule has 0 fully saturated rings. The van der Waals surface area contributed by atoms with Crippen molar-refractivity contribution in [1.82, 2.24) is 0 Å². The van der Waals surface area contributed by atoms with Gasteiger partial charge in [-0.05, 0) is 23.6 Å². The van der Waals surface area contributed by atoms with Crippen molar-refractivity contribution in [2.75, 3.05) is 13.7 Å². The minimum Gasteiger partial charge on any atom is -0.497 e. The molecule has 0 saturated heterocycles. The van der Waals surface area contributed by atoms with Crippen molar-refractivity contribution in [2.45, 2.75) is 19.8 Å². The van der Waals surface area contributed by atoms with Gasteiger partial charge in [0.2, 0.25) is 0 Å².